The van der Waals surface area contributed by atoms with Gasteiger partial charge in [0.05, 0.1) is 5.56 Å². The number of amides is 2. The molecule has 2 rings (SSSR count). The van der Waals surface area contributed by atoms with Gasteiger partial charge in [0.1, 0.15) is 6.04 Å². The quantitative estimate of drug-likeness (QED) is 0.587. The molecule has 140 valence electrons. The van der Waals surface area contributed by atoms with Crippen LogP contribution in [0.25, 0.3) is 0 Å². The number of rotatable bonds is 7. The molecule has 0 saturated heterocycles. The molecule has 0 unspecified atom stereocenters. The molecule has 27 heavy (non-hydrogen) atoms. The molecule has 0 aliphatic carbocycles. The smallest absolute Gasteiger partial charge is 0.335 e. The largest absolute Gasteiger partial charge is 0.480 e. The third-order valence-electron chi connectivity index (χ3n) is 3.71. The normalized spacial score (nSPS) is 11.3. The van der Waals surface area contributed by atoms with Crippen LogP contribution in [-0.4, -0.2) is 40.0 Å². The van der Waals surface area contributed by atoms with Crippen LogP contribution in [-0.2, 0) is 16.0 Å². The average Bonchev–Trinajstić information content (AvgIpc) is 2.61. The summed E-state index contributed by atoms with van der Waals surface area (Å²) < 4.78 is 0. The zero-order valence-electron chi connectivity index (χ0n) is 14.4. The van der Waals surface area contributed by atoms with E-state index in [9.17, 15) is 24.3 Å². The van der Waals surface area contributed by atoms with Crippen molar-refractivity contribution in [3.8, 4) is 0 Å². The van der Waals surface area contributed by atoms with E-state index in [1.807, 2.05) is 0 Å². The Labute approximate surface area is 154 Å². The lowest BCUT2D eigenvalue weighted by Gasteiger charge is -2.15. The lowest BCUT2D eigenvalue weighted by atomic mass is 10.0. The number of carbonyl (C=O) groups excluding carboxylic acids is 2. The highest BCUT2D eigenvalue weighted by Crippen LogP contribution is 2.11. The zero-order valence-corrected chi connectivity index (χ0v) is 14.4. The molecular formula is C19H18N2O6. The van der Waals surface area contributed by atoms with Gasteiger partial charge in [0.2, 0.25) is 5.91 Å². The second-order valence-electron chi connectivity index (χ2n) is 5.83. The Balaban J connectivity index is 2.06. The Morgan fingerprint density at radius 1 is 0.889 bits per heavy atom. The highest BCUT2D eigenvalue weighted by Gasteiger charge is 2.21. The minimum absolute atomic E-state index is 0.00491. The van der Waals surface area contributed by atoms with Crippen molar-refractivity contribution in [3.05, 3.63) is 65.2 Å². The minimum Gasteiger partial charge on any atom is -0.480 e. The number of hydrogen-bond donors (Lipinski definition) is 4. The maximum atomic E-state index is 12.3. The van der Waals surface area contributed by atoms with E-state index in [1.165, 1.54) is 55.5 Å². The van der Waals surface area contributed by atoms with Gasteiger partial charge in [0, 0.05) is 24.6 Å². The van der Waals surface area contributed by atoms with Crippen molar-refractivity contribution in [2.45, 2.75) is 19.4 Å². The second kappa shape index (κ2) is 8.61. The predicted molar refractivity (Wildman–Crippen MR) is 96.7 cm³/mol. The van der Waals surface area contributed by atoms with Crippen molar-refractivity contribution in [2.75, 3.05) is 5.32 Å². The van der Waals surface area contributed by atoms with Crippen LogP contribution in [0.5, 0.6) is 0 Å². The minimum atomic E-state index is -1.21. The molecule has 2 amide bonds. The fraction of sp³-hybridized carbons (Fsp3) is 0.158. The van der Waals surface area contributed by atoms with Crippen molar-refractivity contribution in [1.29, 1.82) is 0 Å². The monoisotopic (exact) mass is 370 g/mol. The zero-order chi connectivity index (χ0) is 20.0. The Kier molecular flexibility index (Phi) is 6.27. The fourth-order valence-electron chi connectivity index (χ4n) is 2.37. The topological polar surface area (TPSA) is 133 Å². The molecule has 1 atom stereocenters. The van der Waals surface area contributed by atoms with Gasteiger partial charge >= 0.3 is 11.9 Å². The number of aromatic carboxylic acids is 1. The van der Waals surface area contributed by atoms with Gasteiger partial charge in [0.15, 0.2) is 0 Å². The lowest BCUT2D eigenvalue weighted by molar-refractivity contribution is -0.139. The molecule has 0 aliphatic heterocycles. The van der Waals surface area contributed by atoms with Crippen LogP contribution >= 0.6 is 0 Å². The lowest BCUT2D eigenvalue weighted by Crippen LogP contribution is -2.42. The van der Waals surface area contributed by atoms with Crippen LogP contribution in [0.3, 0.4) is 0 Å². The van der Waals surface area contributed by atoms with Gasteiger partial charge in [-0.05, 0) is 42.0 Å². The van der Waals surface area contributed by atoms with Gasteiger partial charge in [-0.1, -0.05) is 12.1 Å². The van der Waals surface area contributed by atoms with Crippen molar-refractivity contribution < 1.29 is 29.4 Å². The van der Waals surface area contributed by atoms with Crippen molar-refractivity contribution in [3.63, 3.8) is 0 Å². The van der Waals surface area contributed by atoms with E-state index in [2.05, 4.69) is 10.6 Å². The molecule has 0 spiro atoms. The first-order valence-corrected chi connectivity index (χ1v) is 8.00. The number of nitrogens with one attached hydrogen (secondary N) is 2. The first kappa shape index (κ1) is 19.6. The molecule has 0 aromatic heterocycles. The number of carbonyl (C=O) groups is 4. The van der Waals surface area contributed by atoms with Crippen LogP contribution in [0.15, 0.2) is 48.5 Å². The molecule has 4 N–H and O–H groups in total. The fourth-order valence-corrected chi connectivity index (χ4v) is 2.37. The summed E-state index contributed by atoms with van der Waals surface area (Å²) in [6, 6.07) is 10.6. The SMILES string of the molecule is CC(=O)Nc1ccc(C(=O)N[C@H](Cc2ccc(C(=O)O)cc2)C(=O)O)cc1. The first-order valence-electron chi connectivity index (χ1n) is 8.00. The molecular weight excluding hydrogens is 352 g/mol. The third kappa shape index (κ3) is 5.67. The van der Waals surface area contributed by atoms with Crippen molar-refractivity contribution in [2.24, 2.45) is 0 Å². The molecule has 0 radical (unpaired) electrons. The molecule has 0 fully saturated rings. The Morgan fingerprint density at radius 2 is 1.44 bits per heavy atom. The molecule has 8 heteroatoms. The highest BCUT2D eigenvalue weighted by atomic mass is 16.4. The number of carboxylic acids is 2. The second-order valence-corrected chi connectivity index (χ2v) is 5.83. The van der Waals surface area contributed by atoms with E-state index >= 15 is 0 Å². The highest BCUT2D eigenvalue weighted by molar-refractivity contribution is 5.97. The number of hydrogen-bond acceptors (Lipinski definition) is 4. The molecule has 2 aromatic carbocycles. The standard InChI is InChI=1S/C19H18N2O6/c1-11(22)20-15-8-6-13(7-9-15)17(23)21-16(19(26)27)10-12-2-4-14(5-3-12)18(24)25/h2-9,16H,10H2,1H3,(H,20,22)(H,21,23)(H,24,25)(H,26,27)/t16-/m1/s1. The van der Waals surface area contributed by atoms with E-state index in [1.54, 1.807) is 0 Å². The maximum absolute atomic E-state index is 12.3. The van der Waals surface area contributed by atoms with Crippen LogP contribution in [0, 0.1) is 0 Å². The maximum Gasteiger partial charge on any atom is 0.335 e. The summed E-state index contributed by atoms with van der Waals surface area (Å²) in [6.45, 7) is 1.36. The van der Waals surface area contributed by atoms with E-state index in [4.69, 9.17) is 5.11 Å². The number of carboxylic acid groups (broad SMARTS) is 2. The number of aliphatic carboxylic acids is 1. The van der Waals surface area contributed by atoms with E-state index < -0.39 is 23.9 Å². The molecule has 2 aromatic rings. The summed E-state index contributed by atoms with van der Waals surface area (Å²) in [5.74, 6) is -3.10. The van der Waals surface area contributed by atoms with Crippen molar-refractivity contribution >= 4 is 29.4 Å². The van der Waals surface area contributed by atoms with Gasteiger partial charge in [-0.2, -0.15) is 0 Å². The van der Waals surface area contributed by atoms with E-state index in [0.29, 0.717) is 11.3 Å². The van der Waals surface area contributed by atoms with Crippen LogP contribution in [0.4, 0.5) is 5.69 Å². The van der Waals surface area contributed by atoms with Gasteiger partial charge in [-0.15, -0.1) is 0 Å². The van der Waals surface area contributed by atoms with Gasteiger partial charge in [-0.25, -0.2) is 9.59 Å². The first-order chi connectivity index (χ1) is 12.8. The van der Waals surface area contributed by atoms with E-state index in [-0.39, 0.29) is 23.5 Å². The Morgan fingerprint density at radius 3 is 1.93 bits per heavy atom. The Bertz CT molecular complexity index is 859. The number of benzene rings is 2. The predicted octanol–water partition coefficient (Wildman–Crippen LogP) is 1.77. The van der Waals surface area contributed by atoms with Gasteiger partial charge in [0.25, 0.3) is 5.91 Å². The van der Waals surface area contributed by atoms with Crippen LogP contribution in [0.2, 0.25) is 0 Å². The van der Waals surface area contributed by atoms with Gasteiger partial charge in [-0.3, -0.25) is 9.59 Å². The van der Waals surface area contributed by atoms with Crippen LogP contribution in [0.1, 0.15) is 33.2 Å². The molecule has 0 saturated carbocycles. The number of anilines is 1. The van der Waals surface area contributed by atoms with Crippen molar-refractivity contribution in [1.82, 2.24) is 5.32 Å². The summed E-state index contributed by atoms with van der Waals surface area (Å²) in [5, 5.41) is 23.2. The molecule has 8 nitrogen and oxygen atoms in total. The summed E-state index contributed by atoms with van der Waals surface area (Å²) in [6.07, 6.45) is 0.00491. The molecule has 0 bridgehead atoms. The summed E-state index contributed by atoms with van der Waals surface area (Å²) in [4.78, 5) is 45.6. The average molecular weight is 370 g/mol. The third-order valence-corrected chi connectivity index (χ3v) is 3.71. The Hall–Kier alpha value is -3.68. The van der Waals surface area contributed by atoms with E-state index in [0.717, 1.165) is 0 Å². The summed E-state index contributed by atoms with van der Waals surface area (Å²) >= 11 is 0. The summed E-state index contributed by atoms with van der Waals surface area (Å²) in [7, 11) is 0. The molecule has 0 aliphatic rings. The summed E-state index contributed by atoms with van der Waals surface area (Å²) in [5.41, 5.74) is 1.44. The van der Waals surface area contributed by atoms with Gasteiger partial charge < -0.3 is 20.8 Å². The molecule has 0 heterocycles. The van der Waals surface area contributed by atoms with Crippen LogP contribution < -0.4 is 10.6 Å².